The number of carbonyl (C=O) groups is 3. The van der Waals surface area contributed by atoms with Crippen LogP contribution >= 0.6 is 12.2 Å². The Morgan fingerprint density at radius 1 is 0.933 bits per heavy atom. The number of benzene rings is 2. The fraction of sp³-hybridized carbons (Fsp3) is 0.273. The molecule has 0 fully saturated rings. The monoisotopic (exact) mass is 427 g/mol. The Kier molecular flexibility index (Phi) is 9.47. The van der Waals surface area contributed by atoms with Crippen LogP contribution in [0.15, 0.2) is 54.6 Å². The highest BCUT2D eigenvalue weighted by Crippen LogP contribution is 2.06. The molecule has 2 amide bonds. The Hall–Kier alpha value is -3.26. The van der Waals surface area contributed by atoms with Gasteiger partial charge in [-0.2, -0.15) is 0 Å². The molecule has 7 nitrogen and oxygen atoms in total. The van der Waals surface area contributed by atoms with E-state index in [1.54, 1.807) is 12.1 Å². The Labute approximate surface area is 181 Å². The highest BCUT2D eigenvalue weighted by Gasteiger charge is 2.11. The van der Waals surface area contributed by atoms with Crippen LogP contribution in [0.1, 0.15) is 40.7 Å². The summed E-state index contributed by atoms with van der Waals surface area (Å²) >= 11 is 4.97. The summed E-state index contributed by atoms with van der Waals surface area (Å²) in [6, 6.07) is 17.0. The van der Waals surface area contributed by atoms with Crippen LogP contribution < -0.4 is 16.2 Å². The Balaban J connectivity index is 1.58. The molecule has 2 rings (SSSR count). The molecule has 0 heterocycles. The predicted octanol–water partition coefficient (Wildman–Crippen LogP) is 2.59. The van der Waals surface area contributed by atoms with Gasteiger partial charge in [0.05, 0.1) is 13.0 Å². The standard InChI is InChI=1S/C22H25N3O4S/c1-16-8-5-6-12-18(16)21(28)24-25-22(30)23-19(26)13-14-20(27)29-15-7-11-17-9-3-2-4-10-17/h2-6,8-10,12H,7,11,13-15H2,1H3,(H,24,28)(H2,23,25,26,30). The fourth-order valence-corrected chi connectivity index (χ4v) is 2.79. The summed E-state index contributed by atoms with van der Waals surface area (Å²) in [4.78, 5) is 35.7. The van der Waals surface area contributed by atoms with Gasteiger partial charge in [-0.1, -0.05) is 48.5 Å². The number of nitrogens with one attached hydrogen (secondary N) is 3. The molecule has 0 saturated carbocycles. The van der Waals surface area contributed by atoms with E-state index in [1.807, 2.05) is 49.4 Å². The second kappa shape index (κ2) is 12.3. The van der Waals surface area contributed by atoms with Gasteiger partial charge in [-0.3, -0.25) is 25.2 Å². The first-order valence-corrected chi connectivity index (χ1v) is 10.0. The summed E-state index contributed by atoms with van der Waals surface area (Å²) in [6.45, 7) is 2.12. The van der Waals surface area contributed by atoms with E-state index in [0.29, 0.717) is 12.2 Å². The number of thiocarbonyl (C=S) groups is 1. The van der Waals surface area contributed by atoms with Crippen LogP contribution in [0.3, 0.4) is 0 Å². The minimum atomic E-state index is -0.445. The van der Waals surface area contributed by atoms with Gasteiger partial charge < -0.3 is 10.1 Å². The van der Waals surface area contributed by atoms with Crippen LogP contribution in [-0.4, -0.2) is 29.5 Å². The first kappa shape index (κ1) is 23.0. The molecule has 0 unspecified atom stereocenters. The van der Waals surface area contributed by atoms with Gasteiger partial charge >= 0.3 is 5.97 Å². The number of hydrazine groups is 1. The molecule has 0 aliphatic carbocycles. The van der Waals surface area contributed by atoms with Crippen LogP contribution in [0.5, 0.6) is 0 Å². The average Bonchev–Trinajstić information content (AvgIpc) is 2.74. The largest absolute Gasteiger partial charge is 0.466 e. The first-order chi connectivity index (χ1) is 14.5. The van der Waals surface area contributed by atoms with Crippen molar-refractivity contribution in [3.8, 4) is 0 Å². The molecule has 0 atom stereocenters. The van der Waals surface area contributed by atoms with E-state index in [4.69, 9.17) is 17.0 Å². The minimum absolute atomic E-state index is 0.0463. The maximum absolute atomic E-state index is 12.1. The fourth-order valence-electron chi connectivity index (χ4n) is 2.62. The lowest BCUT2D eigenvalue weighted by molar-refractivity contribution is -0.145. The van der Waals surface area contributed by atoms with Crippen LogP contribution in [0.4, 0.5) is 0 Å². The maximum Gasteiger partial charge on any atom is 0.306 e. The number of carbonyl (C=O) groups excluding carboxylic acids is 3. The van der Waals surface area contributed by atoms with Crippen LogP contribution in [0.25, 0.3) is 0 Å². The molecule has 0 bridgehead atoms. The van der Waals surface area contributed by atoms with Gasteiger partial charge in [-0.25, -0.2) is 0 Å². The van der Waals surface area contributed by atoms with E-state index in [0.717, 1.165) is 18.4 Å². The molecule has 2 aromatic carbocycles. The van der Waals surface area contributed by atoms with Crippen molar-refractivity contribution in [3.63, 3.8) is 0 Å². The molecule has 8 heteroatoms. The molecule has 0 aliphatic rings. The van der Waals surface area contributed by atoms with Crippen molar-refractivity contribution < 1.29 is 19.1 Å². The lowest BCUT2D eigenvalue weighted by Crippen LogP contribution is -2.48. The third-order valence-electron chi connectivity index (χ3n) is 4.20. The zero-order valence-corrected chi connectivity index (χ0v) is 17.6. The van der Waals surface area contributed by atoms with E-state index in [-0.39, 0.29) is 23.9 Å². The second-order valence-electron chi connectivity index (χ2n) is 6.58. The average molecular weight is 428 g/mol. The SMILES string of the molecule is Cc1ccccc1C(=O)NNC(=S)NC(=O)CCC(=O)OCCCc1ccccc1. The normalized spacial score (nSPS) is 10.0. The van der Waals surface area contributed by atoms with Crippen molar-refractivity contribution in [1.82, 2.24) is 16.2 Å². The number of rotatable bonds is 8. The van der Waals surface area contributed by atoms with Crippen LogP contribution in [-0.2, 0) is 20.7 Å². The number of amides is 2. The smallest absolute Gasteiger partial charge is 0.306 e. The van der Waals surface area contributed by atoms with Gasteiger partial charge in [0.2, 0.25) is 5.91 Å². The Morgan fingerprint density at radius 2 is 1.63 bits per heavy atom. The molecule has 0 aromatic heterocycles. The van der Waals surface area contributed by atoms with E-state index in [1.165, 1.54) is 5.56 Å². The zero-order chi connectivity index (χ0) is 21.8. The topological polar surface area (TPSA) is 96.5 Å². The number of aryl methyl sites for hydroxylation is 2. The van der Waals surface area contributed by atoms with Crippen LogP contribution in [0.2, 0.25) is 0 Å². The third kappa shape index (κ3) is 8.40. The van der Waals surface area contributed by atoms with Gasteiger partial charge in [-0.15, -0.1) is 0 Å². The van der Waals surface area contributed by atoms with Gasteiger partial charge in [0.15, 0.2) is 5.11 Å². The van der Waals surface area contributed by atoms with Crippen molar-refractivity contribution in [3.05, 3.63) is 71.3 Å². The molecular formula is C22H25N3O4S. The van der Waals surface area contributed by atoms with Crippen molar-refractivity contribution in [2.75, 3.05) is 6.61 Å². The number of esters is 1. The van der Waals surface area contributed by atoms with Crippen molar-refractivity contribution >= 4 is 35.1 Å². The summed E-state index contributed by atoms with van der Waals surface area (Å²) in [6.07, 6.45) is 1.43. The lowest BCUT2D eigenvalue weighted by Gasteiger charge is -2.11. The summed E-state index contributed by atoms with van der Waals surface area (Å²) in [5.74, 6) is -1.26. The summed E-state index contributed by atoms with van der Waals surface area (Å²) in [5.41, 5.74) is 7.38. The second-order valence-corrected chi connectivity index (χ2v) is 6.99. The molecule has 0 saturated heterocycles. The molecule has 2 aromatic rings. The Morgan fingerprint density at radius 3 is 2.37 bits per heavy atom. The predicted molar refractivity (Wildman–Crippen MR) is 117 cm³/mol. The molecular weight excluding hydrogens is 402 g/mol. The zero-order valence-electron chi connectivity index (χ0n) is 16.8. The quantitative estimate of drug-likeness (QED) is 0.259. The third-order valence-corrected chi connectivity index (χ3v) is 4.41. The van der Waals surface area contributed by atoms with Crippen molar-refractivity contribution in [2.24, 2.45) is 0 Å². The maximum atomic E-state index is 12.1. The highest BCUT2D eigenvalue weighted by molar-refractivity contribution is 7.80. The molecule has 0 spiro atoms. The summed E-state index contributed by atoms with van der Waals surface area (Å²) in [5, 5.41) is 2.35. The molecule has 158 valence electrons. The van der Waals surface area contributed by atoms with Gasteiger partial charge in [0.1, 0.15) is 0 Å². The summed E-state index contributed by atoms with van der Waals surface area (Å²) < 4.78 is 5.13. The number of hydrogen-bond donors (Lipinski definition) is 3. The minimum Gasteiger partial charge on any atom is -0.466 e. The van der Waals surface area contributed by atoms with E-state index in [2.05, 4.69) is 16.2 Å². The van der Waals surface area contributed by atoms with Crippen LogP contribution in [0, 0.1) is 6.92 Å². The van der Waals surface area contributed by atoms with Gasteiger partial charge in [0, 0.05) is 12.0 Å². The van der Waals surface area contributed by atoms with Crippen molar-refractivity contribution in [2.45, 2.75) is 32.6 Å². The van der Waals surface area contributed by atoms with E-state index >= 15 is 0 Å². The molecule has 0 radical (unpaired) electrons. The Bertz CT molecular complexity index is 887. The molecule has 3 N–H and O–H groups in total. The van der Waals surface area contributed by atoms with Gasteiger partial charge in [-0.05, 0) is 49.2 Å². The van der Waals surface area contributed by atoms with E-state index in [9.17, 15) is 14.4 Å². The lowest BCUT2D eigenvalue weighted by atomic mass is 10.1. The first-order valence-electron chi connectivity index (χ1n) is 9.61. The number of ether oxygens (including phenoxy) is 1. The number of hydrogen-bond acceptors (Lipinski definition) is 5. The van der Waals surface area contributed by atoms with Gasteiger partial charge in [0.25, 0.3) is 5.91 Å². The van der Waals surface area contributed by atoms with Crippen molar-refractivity contribution in [1.29, 1.82) is 0 Å². The highest BCUT2D eigenvalue weighted by atomic mass is 32.1. The van der Waals surface area contributed by atoms with E-state index < -0.39 is 11.9 Å². The molecule has 30 heavy (non-hydrogen) atoms. The summed E-state index contributed by atoms with van der Waals surface area (Å²) in [7, 11) is 0. The molecule has 0 aliphatic heterocycles.